The molecule has 0 radical (unpaired) electrons. The number of nitro benzene ring substituents is 1. The number of nitrogens with zero attached hydrogens (tertiary/aromatic N) is 1. The number of furan rings is 1. The highest BCUT2D eigenvalue weighted by Gasteiger charge is 2.16. The number of hydrogen-bond donors (Lipinski definition) is 1. The zero-order valence-electron chi connectivity index (χ0n) is 12.8. The van der Waals surface area contributed by atoms with E-state index in [9.17, 15) is 10.1 Å². The van der Waals surface area contributed by atoms with Crippen molar-refractivity contribution >= 4 is 5.69 Å². The Balaban J connectivity index is 2.34. The van der Waals surface area contributed by atoms with E-state index in [1.54, 1.807) is 13.0 Å². The first-order chi connectivity index (χ1) is 9.92. The van der Waals surface area contributed by atoms with E-state index in [1.807, 2.05) is 32.2 Å². The van der Waals surface area contributed by atoms with Gasteiger partial charge in [-0.25, -0.2) is 0 Å². The third kappa shape index (κ3) is 3.31. The van der Waals surface area contributed by atoms with Crippen LogP contribution in [0.15, 0.2) is 28.7 Å². The van der Waals surface area contributed by atoms with Gasteiger partial charge in [0.05, 0.1) is 4.92 Å². The molecule has 21 heavy (non-hydrogen) atoms. The van der Waals surface area contributed by atoms with Gasteiger partial charge in [-0.1, -0.05) is 0 Å². The molecule has 0 saturated carbocycles. The Labute approximate surface area is 124 Å². The zero-order valence-corrected chi connectivity index (χ0v) is 12.8. The number of likely N-dealkylation sites (N-methyl/N-ethyl adjacent to an activating group) is 1. The van der Waals surface area contributed by atoms with Gasteiger partial charge >= 0.3 is 0 Å². The van der Waals surface area contributed by atoms with E-state index in [1.165, 1.54) is 0 Å². The smallest absolute Gasteiger partial charge is 0.272 e. The predicted molar refractivity (Wildman–Crippen MR) is 82.5 cm³/mol. The van der Waals surface area contributed by atoms with Crippen molar-refractivity contribution in [3.8, 4) is 11.3 Å². The minimum Gasteiger partial charge on any atom is -0.461 e. The van der Waals surface area contributed by atoms with Crippen LogP contribution in [0.4, 0.5) is 5.69 Å². The number of rotatable bonds is 5. The average Bonchev–Trinajstić information content (AvgIpc) is 2.88. The lowest BCUT2D eigenvalue weighted by atomic mass is 10.0. The molecule has 5 nitrogen and oxygen atoms in total. The van der Waals surface area contributed by atoms with E-state index in [2.05, 4.69) is 12.2 Å². The largest absolute Gasteiger partial charge is 0.461 e. The Morgan fingerprint density at radius 2 is 2.00 bits per heavy atom. The molecule has 1 aromatic carbocycles. The lowest BCUT2D eigenvalue weighted by Crippen LogP contribution is -2.23. The van der Waals surface area contributed by atoms with Gasteiger partial charge in [-0.2, -0.15) is 0 Å². The first-order valence-corrected chi connectivity index (χ1v) is 6.94. The zero-order chi connectivity index (χ0) is 15.6. The van der Waals surface area contributed by atoms with Crippen molar-refractivity contribution in [3.63, 3.8) is 0 Å². The van der Waals surface area contributed by atoms with Crippen molar-refractivity contribution in [1.82, 2.24) is 5.32 Å². The summed E-state index contributed by atoms with van der Waals surface area (Å²) >= 11 is 0. The molecular formula is C16H20N2O3. The summed E-state index contributed by atoms with van der Waals surface area (Å²) in [5, 5.41) is 14.1. The second-order valence-electron chi connectivity index (χ2n) is 5.37. The van der Waals surface area contributed by atoms with Crippen molar-refractivity contribution < 1.29 is 9.34 Å². The van der Waals surface area contributed by atoms with Crippen LogP contribution < -0.4 is 5.32 Å². The number of benzene rings is 1. The Bertz CT molecular complexity index is 662. The molecule has 1 N–H and O–H groups in total. The van der Waals surface area contributed by atoms with Crippen molar-refractivity contribution in [2.45, 2.75) is 33.2 Å². The van der Waals surface area contributed by atoms with Gasteiger partial charge in [0.15, 0.2) is 0 Å². The number of nitrogens with one attached hydrogen (secondary N) is 1. The summed E-state index contributed by atoms with van der Waals surface area (Å²) in [6.45, 7) is 5.69. The third-order valence-corrected chi connectivity index (χ3v) is 3.67. The summed E-state index contributed by atoms with van der Waals surface area (Å²) in [6.07, 6.45) is 0.807. The van der Waals surface area contributed by atoms with Crippen LogP contribution in [0.2, 0.25) is 0 Å². The van der Waals surface area contributed by atoms with Crippen LogP contribution in [0.3, 0.4) is 0 Å². The highest BCUT2D eigenvalue weighted by molar-refractivity contribution is 5.66. The summed E-state index contributed by atoms with van der Waals surface area (Å²) in [7, 11) is 1.92. The Hall–Kier alpha value is -2.14. The molecule has 0 aliphatic rings. The normalized spacial score (nSPS) is 12.4. The lowest BCUT2D eigenvalue weighted by Gasteiger charge is -2.08. The Kier molecular flexibility index (Phi) is 4.43. The molecule has 0 bridgehead atoms. The highest BCUT2D eigenvalue weighted by Crippen LogP contribution is 2.31. The average molecular weight is 288 g/mol. The van der Waals surface area contributed by atoms with E-state index in [-0.39, 0.29) is 10.6 Å². The summed E-state index contributed by atoms with van der Waals surface area (Å²) in [5.41, 5.74) is 2.53. The predicted octanol–water partition coefficient (Wildman–Crippen LogP) is 3.62. The minimum absolute atomic E-state index is 0.145. The van der Waals surface area contributed by atoms with Crippen LogP contribution in [0.5, 0.6) is 0 Å². The van der Waals surface area contributed by atoms with Gasteiger partial charge in [-0.05, 0) is 51.6 Å². The van der Waals surface area contributed by atoms with Crippen molar-refractivity contribution in [1.29, 1.82) is 0 Å². The van der Waals surface area contributed by atoms with E-state index in [0.717, 1.165) is 29.1 Å². The van der Waals surface area contributed by atoms with Gasteiger partial charge in [0.2, 0.25) is 0 Å². The number of aryl methyl sites for hydroxylation is 2. The van der Waals surface area contributed by atoms with E-state index < -0.39 is 0 Å². The van der Waals surface area contributed by atoms with Crippen LogP contribution in [-0.4, -0.2) is 18.0 Å². The number of hydrogen-bond acceptors (Lipinski definition) is 4. The van der Waals surface area contributed by atoms with Crippen molar-refractivity contribution in [2.24, 2.45) is 0 Å². The molecule has 0 aliphatic carbocycles. The maximum absolute atomic E-state index is 11.0. The summed E-state index contributed by atoms with van der Waals surface area (Å²) < 4.78 is 5.87. The molecular weight excluding hydrogens is 268 g/mol. The molecule has 1 atom stereocenters. The van der Waals surface area contributed by atoms with Crippen LogP contribution in [0.25, 0.3) is 11.3 Å². The fraction of sp³-hybridized carbons (Fsp3) is 0.375. The van der Waals surface area contributed by atoms with Gasteiger partial charge in [0, 0.05) is 29.7 Å². The molecule has 1 heterocycles. The SMILES string of the molecule is CNC(C)Cc1ccc(-c2cc(C)c([N+](=O)[O-])cc2C)o1. The lowest BCUT2D eigenvalue weighted by molar-refractivity contribution is -0.385. The summed E-state index contributed by atoms with van der Waals surface area (Å²) in [5.74, 6) is 1.66. The standard InChI is InChI=1S/C16H20N2O3/c1-10-8-15(18(19)20)11(2)7-14(10)16-6-5-13(21-16)9-12(3)17-4/h5-8,12,17H,9H2,1-4H3. The molecule has 0 aliphatic heterocycles. The van der Waals surface area contributed by atoms with Gasteiger partial charge in [-0.15, -0.1) is 0 Å². The Morgan fingerprint density at radius 1 is 1.29 bits per heavy atom. The fourth-order valence-corrected chi connectivity index (χ4v) is 2.30. The molecule has 5 heteroatoms. The topological polar surface area (TPSA) is 68.3 Å². The maximum Gasteiger partial charge on any atom is 0.272 e. The second-order valence-corrected chi connectivity index (χ2v) is 5.37. The van der Waals surface area contributed by atoms with Crippen LogP contribution in [0.1, 0.15) is 23.8 Å². The summed E-state index contributed by atoms with van der Waals surface area (Å²) in [6, 6.07) is 7.63. The maximum atomic E-state index is 11.0. The first kappa shape index (κ1) is 15.3. The van der Waals surface area contributed by atoms with E-state index in [4.69, 9.17) is 4.42 Å². The molecule has 1 aromatic heterocycles. The molecule has 2 aromatic rings. The van der Waals surface area contributed by atoms with Crippen LogP contribution in [0, 0.1) is 24.0 Å². The Morgan fingerprint density at radius 3 is 2.62 bits per heavy atom. The molecule has 2 rings (SSSR count). The quantitative estimate of drug-likeness (QED) is 0.674. The molecule has 0 spiro atoms. The van der Waals surface area contributed by atoms with Gasteiger partial charge in [-0.3, -0.25) is 10.1 Å². The van der Waals surface area contributed by atoms with Crippen molar-refractivity contribution in [3.05, 3.63) is 51.3 Å². The van der Waals surface area contributed by atoms with E-state index in [0.29, 0.717) is 11.6 Å². The fourth-order valence-electron chi connectivity index (χ4n) is 2.30. The van der Waals surface area contributed by atoms with Crippen molar-refractivity contribution in [2.75, 3.05) is 7.05 Å². The van der Waals surface area contributed by atoms with Gasteiger partial charge in [0.25, 0.3) is 5.69 Å². The summed E-state index contributed by atoms with van der Waals surface area (Å²) in [4.78, 5) is 10.6. The number of nitro groups is 1. The first-order valence-electron chi connectivity index (χ1n) is 6.94. The molecule has 1 unspecified atom stereocenters. The van der Waals surface area contributed by atoms with Crippen LogP contribution in [-0.2, 0) is 6.42 Å². The minimum atomic E-state index is -0.353. The molecule has 112 valence electrons. The molecule has 0 amide bonds. The highest BCUT2D eigenvalue weighted by atomic mass is 16.6. The van der Waals surface area contributed by atoms with Crippen LogP contribution >= 0.6 is 0 Å². The molecule has 0 fully saturated rings. The third-order valence-electron chi connectivity index (χ3n) is 3.67. The van der Waals surface area contributed by atoms with E-state index >= 15 is 0 Å². The monoisotopic (exact) mass is 288 g/mol. The molecule has 0 saturated heterocycles. The van der Waals surface area contributed by atoms with Gasteiger partial charge in [0.1, 0.15) is 11.5 Å². The van der Waals surface area contributed by atoms with Gasteiger partial charge < -0.3 is 9.73 Å². The second kappa shape index (κ2) is 6.10.